The van der Waals surface area contributed by atoms with E-state index in [-0.39, 0.29) is 23.6 Å². The highest BCUT2D eigenvalue weighted by atomic mass is 16.6. The van der Waals surface area contributed by atoms with Crippen molar-refractivity contribution < 1.29 is 24.4 Å². The zero-order valence-corrected chi connectivity index (χ0v) is 19.0. The molecule has 2 aliphatic heterocycles. The van der Waals surface area contributed by atoms with Gasteiger partial charge in [0.1, 0.15) is 5.76 Å². The van der Waals surface area contributed by atoms with Gasteiger partial charge in [-0.2, -0.15) is 0 Å². The van der Waals surface area contributed by atoms with Crippen molar-refractivity contribution in [2.75, 3.05) is 39.4 Å². The van der Waals surface area contributed by atoms with Crippen LogP contribution >= 0.6 is 0 Å². The van der Waals surface area contributed by atoms with E-state index in [0.29, 0.717) is 30.8 Å². The molecule has 0 radical (unpaired) electrons. The van der Waals surface area contributed by atoms with E-state index in [0.717, 1.165) is 25.2 Å². The van der Waals surface area contributed by atoms with E-state index >= 15 is 0 Å². The molecule has 4 rings (SSSR count). The second kappa shape index (κ2) is 10.1. The fourth-order valence-electron chi connectivity index (χ4n) is 4.42. The zero-order chi connectivity index (χ0) is 24.2. The molecule has 2 aromatic carbocycles. The van der Waals surface area contributed by atoms with Crippen LogP contribution in [0.5, 0.6) is 0 Å². The van der Waals surface area contributed by atoms with Crippen molar-refractivity contribution in [3.8, 4) is 0 Å². The highest BCUT2D eigenvalue weighted by molar-refractivity contribution is 6.46. The molecular weight excluding hydrogens is 438 g/mol. The van der Waals surface area contributed by atoms with Gasteiger partial charge < -0.3 is 14.7 Å². The second-order valence-electron chi connectivity index (χ2n) is 8.52. The third-order valence-corrected chi connectivity index (χ3v) is 6.24. The Morgan fingerprint density at radius 1 is 1.12 bits per heavy atom. The van der Waals surface area contributed by atoms with E-state index in [2.05, 4.69) is 4.90 Å². The molecule has 1 atom stereocenters. The van der Waals surface area contributed by atoms with Crippen molar-refractivity contribution in [3.05, 3.63) is 80.9 Å². The largest absolute Gasteiger partial charge is 0.507 e. The summed E-state index contributed by atoms with van der Waals surface area (Å²) in [5.41, 5.74) is 1.60. The Morgan fingerprint density at radius 3 is 2.50 bits per heavy atom. The predicted molar refractivity (Wildman–Crippen MR) is 125 cm³/mol. The third kappa shape index (κ3) is 4.85. The van der Waals surface area contributed by atoms with Crippen molar-refractivity contribution in [2.45, 2.75) is 19.4 Å². The van der Waals surface area contributed by atoms with Crippen molar-refractivity contribution >= 4 is 23.1 Å². The fourth-order valence-corrected chi connectivity index (χ4v) is 4.42. The van der Waals surface area contributed by atoms with Gasteiger partial charge in [-0.25, -0.2) is 0 Å². The normalized spacial score (nSPS) is 20.6. The summed E-state index contributed by atoms with van der Waals surface area (Å²) in [6.07, 6.45) is 0.614. The van der Waals surface area contributed by atoms with Crippen LogP contribution in [0.2, 0.25) is 0 Å². The molecule has 2 aliphatic rings. The maximum atomic E-state index is 13.1. The van der Waals surface area contributed by atoms with Gasteiger partial charge in [-0.15, -0.1) is 0 Å². The summed E-state index contributed by atoms with van der Waals surface area (Å²) in [4.78, 5) is 40.7. The molecule has 0 bridgehead atoms. The summed E-state index contributed by atoms with van der Waals surface area (Å²) >= 11 is 0. The van der Waals surface area contributed by atoms with Crippen LogP contribution in [0.15, 0.2) is 54.1 Å². The number of nitrogens with zero attached hydrogens (tertiary/aromatic N) is 3. The van der Waals surface area contributed by atoms with Crippen molar-refractivity contribution in [2.24, 2.45) is 0 Å². The number of carbonyl (C=O) groups is 2. The summed E-state index contributed by atoms with van der Waals surface area (Å²) < 4.78 is 5.37. The lowest BCUT2D eigenvalue weighted by atomic mass is 9.94. The lowest BCUT2D eigenvalue weighted by molar-refractivity contribution is -0.384. The van der Waals surface area contributed by atoms with Crippen LogP contribution in [-0.2, 0) is 14.3 Å². The molecule has 2 fully saturated rings. The molecule has 2 heterocycles. The summed E-state index contributed by atoms with van der Waals surface area (Å²) in [7, 11) is 0. The van der Waals surface area contributed by atoms with E-state index in [1.165, 1.54) is 23.1 Å². The zero-order valence-electron chi connectivity index (χ0n) is 19.0. The molecule has 178 valence electrons. The molecule has 34 heavy (non-hydrogen) atoms. The molecule has 2 saturated heterocycles. The van der Waals surface area contributed by atoms with Crippen molar-refractivity contribution in [3.63, 3.8) is 0 Å². The Kier molecular flexibility index (Phi) is 7.04. The number of rotatable bonds is 7. The number of aliphatic hydroxyl groups excluding tert-OH is 1. The van der Waals surface area contributed by atoms with E-state index in [1.807, 2.05) is 6.92 Å². The molecule has 0 aromatic heterocycles. The summed E-state index contributed by atoms with van der Waals surface area (Å²) in [6.45, 7) is 5.84. The second-order valence-corrected chi connectivity index (χ2v) is 8.52. The molecule has 1 amide bonds. The first-order valence-electron chi connectivity index (χ1n) is 11.3. The average Bonchev–Trinajstić information content (AvgIpc) is 3.10. The van der Waals surface area contributed by atoms with Crippen LogP contribution in [0.25, 0.3) is 5.76 Å². The van der Waals surface area contributed by atoms with Crippen LogP contribution in [0.4, 0.5) is 5.69 Å². The number of morpholine rings is 1. The number of Topliss-reactive ketones (excluding diaryl/α,β-unsaturated/α-hetero) is 1. The highest BCUT2D eigenvalue weighted by Gasteiger charge is 2.46. The number of nitro groups is 1. The standard InChI is InChI=1S/C25H27N3O6/c1-17-6-8-18(9-7-17)23(29)21-22(19-4-2-5-20(16-19)28(32)33)27(25(31)24(21)30)11-3-10-26-12-14-34-15-13-26/h2,4-9,16,22,29H,3,10-15H2,1H3/b23-21+/t22-/m0/s1. The van der Waals surface area contributed by atoms with Crippen LogP contribution in [0.1, 0.15) is 29.2 Å². The molecule has 0 spiro atoms. The van der Waals surface area contributed by atoms with Gasteiger partial charge in [-0.1, -0.05) is 42.0 Å². The number of carbonyl (C=O) groups excluding carboxylic acids is 2. The number of hydrogen-bond donors (Lipinski definition) is 1. The van der Waals surface area contributed by atoms with Gasteiger partial charge in [-0.3, -0.25) is 24.6 Å². The molecule has 2 aromatic rings. The number of hydrogen-bond acceptors (Lipinski definition) is 7. The van der Waals surface area contributed by atoms with Gasteiger partial charge in [0.05, 0.1) is 29.8 Å². The van der Waals surface area contributed by atoms with Gasteiger partial charge >= 0.3 is 0 Å². The van der Waals surface area contributed by atoms with Crippen LogP contribution in [0, 0.1) is 17.0 Å². The van der Waals surface area contributed by atoms with E-state index in [1.54, 1.807) is 30.3 Å². The number of likely N-dealkylation sites (tertiary alicyclic amines) is 1. The Hall–Kier alpha value is -3.56. The number of aryl methyl sites for hydroxylation is 1. The van der Waals surface area contributed by atoms with Crippen molar-refractivity contribution in [1.82, 2.24) is 9.80 Å². The van der Waals surface area contributed by atoms with Gasteiger partial charge in [0.15, 0.2) is 0 Å². The Bertz CT molecular complexity index is 1120. The lowest BCUT2D eigenvalue weighted by Gasteiger charge is -2.29. The fraction of sp³-hybridized carbons (Fsp3) is 0.360. The topological polar surface area (TPSA) is 113 Å². The first-order valence-corrected chi connectivity index (χ1v) is 11.3. The van der Waals surface area contributed by atoms with E-state index < -0.39 is 22.7 Å². The molecule has 0 saturated carbocycles. The Morgan fingerprint density at radius 2 is 1.82 bits per heavy atom. The highest BCUT2D eigenvalue weighted by Crippen LogP contribution is 2.40. The maximum Gasteiger partial charge on any atom is 0.295 e. The Labute approximate surface area is 197 Å². The first-order chi connectivity index (χ1) is 16.4. The first kappa shape index (κ1) is 23.6. The van der Waals surface area contributed by atoms with Crippen LogP contribution < -0.4 is 0 Å². The quantitative estimate of drug-likeness (QED) is 0.220. The predicted octanol–water partition coefficient (Wildman–Crippen LogP) is 3.05. The summed E-state index contributed by atoms with van der Waals surface area (Å²) in [5.74, 6) is -1.79. The van der Waals surface area contributed by atoms with Crippen LogP contribution in [-0.4, -0.2) is 70.9 Å². The number of non-ortho nitro benzene ring substituents is 1. The number of amides is 1. The number of aliphatic hydroxyl groups is 1. The smallest absolute Gasteiger partial charge is 0.295 e. The number of ketones is 1. The third-order valence-electron chi connectivity index (χ3n) is 6.24. The SMILES string of the molecule is Cc1ccc(/C(O)=C2\C(=O)C(=O)N(CCCN3CCOCC3)[C@H]2c2cccc([N+](=O)[O-])c2)cc1. The summed E-state index contributed by atoms with van der Waals surface area (Å²) in [6, 6.07) is 11.9. The Balaban J connectivity index is 1.70. The molecule has 0 aliphatic carbocycles. The van der Waals surface area contributed by atoms with Gasteiger partial charge in [0.25, 0.3) is 17.4 Å². The van der Waals surface area contributed by atoms with Gasteiger partial charge in [-0.05, 0) is 18.9 Å². The minimum Gasteiger partial charge on any atom is -0.507 e. The van der Waals surface area contributed by atoms with E-state index in [9.17, 15) is 24.8 Å². The molecule has 9 nitrogen and oxygen atoms in total. The van der Waals surface area contributed by atoms with Crippen LogP contribution in [0.3, 0.4) is 0 Å². The molecular formula is C25H27N3O6. The maximum absolute atomic E-state index is 13.1. The van der Waals surface area contributed by atoms with Gasteiger partial charge in [0, 0.05) is 43.9 Å². The monoisotopic (exact) mass is 465 g/mol. The van der Waals surface area contributed by atoms with Crippen molar-refractivity contribution in [1.29, 1.82) is 0 Å². The van der Waals surface area contributed by atoms with Gasteiger partial charge in [0.2, 0.25) is 0 Å². The number of benzene rings is 2. The number of ether oxygens (including phenoxy) is 1. The van der Waals surface area contributed by atoms with E-state index in [4.69, 9.17) is 4.74 Å². The number of nitro benzene ring substituents is 1. The molecule has 0 unspecified atom stereocenters. The minimum absolute atomic E-state index is 0.0549. The molecule has 9 heteroatoms. The lowest BCUT2D eigenvalue weighted by Crippen LogP contribution is -2.39. The molecule has 1 N–H and O–H groups in total. The average molecular weight is 466 g/mol. The summed E-state index contributed by atoms with van der Waals surface area (Å²) in [5, 5.41) is 22.5. The minimum atomic E-state index is -0.911.